The molecule has 158 valence electrons. The molecule has 0 bridgehead atoms. The minimum atomic E-state index is 0.222. The van der Waals surface area contributed by atoms with E-state index in [1.165, 1.54) is 0 Å². The van der Waals surface area contributed by atoms with Crippen molar-refractivity contribution < 1.29 is 4.79 Å². The van der Waals surface area contributed by atoms with Crippen LogP contribution in [0.15, 0.2) is 42.6 Å². The predicted molar refractivity (Wildman–Crippen MR) is 119 cm³/mol. The maximum absolute atomic E-state index is 12.3. The molecule has 30 heavy (non-hydrogen) atoms. The van der Waals surface area contributed by atoms with Gasteiger partial charge in [-0.3, -0.25) is 4.79 Å². The van der Waals surface area contributed by atoms with Gasteiger partial charge in [-0.25, -0.2) is 9.50 Å². The van der Waals surface area contributed by atoms with Crippen LogP contribution < -0.4 is 11.1 Å². The second-order valence-corrected chi connectivity index (χ2v) is 8.38. The number of likely N-dealkylation sites (tertiary alicyclic amines) is 1. The number of hydrogen-bond acceptors (Lipinski definition) is 5. The third-order valence-corrected chi connectivity index (χ3v) is 5.77. The molecule has 7 heteroatoms. The zero-order chi connectivity index (χ0) is 21.1. The van der Waals surface area contributed by atoms with Gasteiger partial charge in [-0.2, -0.15) is 0 Å². The number of carbonyl (C=O) groups excluding carboxylic acids is 1. The van der Waals surface area contributed by atoms with E-state index >= 15 is 0 Å². The van der Waals surface area contributed by atoms with Crippen LogP contribution in [0.25, 0.3) is 16.9 Å². The van der Waals surface area contributed by atoms with Crippen LogP contribution in [-0.2, 0) is 11.3 Å². The van der Waals surface area contributed by atoms with Crippen molar-refractivity contribution in [3.05, 3.63) is 48.2 Å². The van der Waals surface area contributed by atoms with Crippen molar-refractivity contribution >= 4 is 17.4 Å². The summed E-state index contributed by atoms with van der Waals surface area (Å²) in [5.41, 5.74) is 9.58. The topological polar surface area (TPSA) is 88.5 Å². The largest absolute Gasteiger partial charge is 0.367 e. The highest BCUT2D eigenvalue weighted by atomic mass is 16.2. The first-order chi connectivity index (χ1) is 14.5. The second-order valence-electron chi connectivity index (χ2n) is 8.38. The molecular weight excluding hydrogens is 376 g/mol. The smallest absolute Gasteiger partial charge is 0.222 e. The molecule has 0 radical (unpaired) electrons. The molecule has 0 aliphatic carbocycles. The molecule has 1 aliphatic rings. The van der Waals surface area contributed by atoms with E-state index < -0.39 is 0 Å². The lowest BCUT2D eigenvalue weighted by molar-refractivity contribution is -0.128. The molecule has 0 unspecified atom stereocenters. The number of rotatable bonds is 8. The Hall–Kier alpha value is -2.93. The van der Waals surface area contributed by atoms with Crippen LogP contribution in [0.3, 0.4) is 0 Å². The summed E-state index contributed by atoms with van der Waals surface area (Å²) in [5, 5.41) is 8.18. The number of hydrogen-bond donors (Lipinski definition) is 2. The van der Waals surface area contributed by atoms with Gasteiger partial charge in [0.25, 0.3) is 0 Å². The highest BCUT2D eigenvalue weighted by Crippen LogP contribution is 2.23. The molecule has 3 aromatic rings. The quantitative estimate of drug-likeness (QED) is 0.599. The van der Waals surface area contributed by atoms with E-state index in [0.717, 1.165) is 47.7 Å². The Labute approximate surface area is 177 Å². The first-order valence-electron chi connectivity index (χ1n) is 10.7. The molecule has 0 spiro atoms. The summed E-state index contributed by atoms with van der Waals surface area (Å²) in [4.78, 5) is 18.8. The highest BCUT2D eigenvalue weighted by molar-refractivity contribution is 5.78. The Kier molecular flexibility index (Phi) is 5.99. The molecule has 1 amide bonds. The van der Waals surface area contributed by atoms with Crippen LogP contribution in [0, 0.1) is 5.92 Å². The summed E-state index contributed by atoms with van der Waals surface area (Å²) in [6, 6.07) is 12.3. The van der Waals surface area contributed by atoms with Crippen LogP contribution in [-0.4, -0.2) is 44.5 Å². The summed E-state index contributed by atoms with van der Waals surface area (Å²) in [5.74, 6) is 1.64. The molecule has 1 aromatic carbocycles. The van der Waals surface area contributed by atoms with E-state index in [1.807, 2.05) is 52.0 Å². The molecule has 7 nitrogen and oxygen atoms in total. The Morgan fingerprint density at radius 2 is 2.00 bits per heavy atom. The van der Waals surface area contributed by atoms with Crippen molar-refractivity contribution in [1.29, 1.82) is 0 Å². The van der Waals surface area contributed by atoms with Crippen molar-refractivity contribution in [3.63, 3.8) is 0 Å². The number of anilines is 1. The van der Waals surface area contributed by atoms with Gasteiger partial charge in [0.05, 0.1) is 11.9 Å². The van der Waals surface area contributed by atoms with Gasteiger partial charge >= 0.3 is 0 Å². The van der Waals surface area contributed by atoms with E-state index in [9.17, 15) is 4.79 Å². The monoisotopic (exact) mass is 406 g/mol. The highest BCUT2D eigenvalue weighted by Gasteiger charge is 2.30. The zero-order valence-corrected chi connectivity index (χ0v) is 17.7. The zero-order valence-electron chi connectivity index (χ0n) is 17.7. The fraction of sp³-hybridized carbons (Fsp3) is 0.435. The number of aromatic nitrogens is 3. The number of carbonyl (C=O) groups is 1. The summed E-state index contributed by atoms with van der Waals surface area (Å²) in [7, 11) is 0. The van der Waals surface area contributed by atoms with E-state index in [0.29, 0.717) is 25.4 Å². The molecule has 1 aliphatic heterocycles. The number of benzene rings is 1. The molecule has 1 saturated heterocycles. The van der Waals surface area contributed by atoms with Gasteiger partial charge in [-0.15, -0.1) is 5.10 Å². The van der Waals surface area contributed by atoms with Crippen molar-refractivity contribution in [2.75, 3.05) is 18.4 Å². The fourth-order valence-corrected chi connectivity index (χ4v) is 3.91. The summed E-state index contributed by atoms with van der Waals surface area (Å²) >= 11 is 0. The number of nitrogens with zero attached hydrogens (tertiary/aromatic N) is 4. The van der Waals surface area contributed by atoms with Gasteiger partial charge in [0.2, 0.25) is 5.91 Å². The minimum Gasteiger partial charge on any atom is -0.367 e. The number of nitrogens with one attached hydrogen (secondary N) is 1. The van der Waals surface area contributed by atoms with Crippen molar-refractivity contribution in [2.24, 2.45) is 11.7 Å². The van der Waals surface area contributed by atoms with Gasteiger partial charge in [-0.05, 0) is 36.5 Å². The number of amides is 1. The van der Waals surface area contributed by atoms with Crippen molar-refractivity contribution in [3.8, 4) is 11.3 Å². The Morgan fingerprint density at radius 1 is 1.20 bits per heavy atom. The minimum absolute atomic E-state index is 0.222. The van der Waals surface area contributed by atoms with E-state index in [1.54, 1.807) is 0 Å². The Bertz CT molecular complexity index is 1010. The normalized spacial score (nSPS) is 16.7. The third kappa shape index (κ3) is 4.31. The van der Waals surface area contributed by atoms with Crippen LogP contribution >= 0.6 is 0 Å². The van der Waals surface area contributed by atoms with Crippen LogP contribution in [0.4, 0.5) is 5.82 Å². The fourth-order valence-electron chi connectivity index (χ4n) is 3.91. The van der Waals surface area contributed by atoms with Crippen LogP contribution in [0.2, 0.25) is 0 Å². The summed E-state index contributed by atoms with van der Waals surface area (Å²) in [6.07, 6.45) is 4.41. The first kappa shape index (κ1) is 20.3. The number of fused-ring (bicyclic) bond motifs is 1. The number of nitrogens with two attached hydrogens (primary N) is 1. The van der Waals surface area contributed by atoms with E-state index in [4.69, 9.17) is 10.8 Å². The van der Waals surface area contributed by atoms with Crippen molar-refractivity contribution in [2.45, 2.75) is 45.7 Å². The molecule has 0 saturated carbocycles. The molecular formula is C23H30N6O. The van der Waals surface area contributed by atoms with Crippen LogP contribution in [0.5, 0.6) is 0 Å². The molecule has 1 atom stereocenters. The van der Waals surface area contributed by atoms with Gasteiger partial charge in [0, 0.05) is 37.7 Å². The third-order valence-electron chi connectivity index (χ3n) is 5.77. The lowest BCUT2D eigenvalue weighted by Gasteiger charge is -2.26. The van der Waals surface area contributed by atoms with E-state index in [2.05, 4.69) is 24.1 Å². The molecule has 3 heterocycles. The molecule has 1 fully saturated rings. The summed E-state index contributed by atoms with van der Waals surface area (Å²) < 4.78 is 1.86. The maximum Gasteiger partial charge on any atom is 0.222 e. The Balaban J connectivity index is 1.49. The molecule has 4 rings (SSSR count). The SMILES string of the molecule is CC(C)CCN1C(=O)CC[C@H]1CNc1ccc2ncc(-c3ccc(CN)cc3)n2n1. The number of imidazole rings is 1. The maximum atomic E-state index is 12.3. The van der Waals surface area contributed by atoms with Gasteiger partial charge in [-0.1, -0.05) is 38.1 Å². The average Bonchev–Trinajstić information content (AvgIpc) is 3.33. The van der Waals surface area contributed by atoms with Crippen molar-refractivity contribution in [1.82, 2.24) is 19.5 Å². The van der Waals surface area contributed by atoms with Gasteiger partial charge < -0.3 is 16.0 Å². The summed E-state index contributed by atoms with van der Waals surface area (Å²) in [6.45, 7) is 6.45. The molecule has 3 N–H and O–H groups in total. The predicted octanol–water partition coefficient (Wildman–Crippen LogP) is 3.30. The lowest BCUT2D eigenvalue weighted by atomic mass is 10.1. The first-order valence-corrected chi connectivity index (χ1v) is 10.7. The van der Waals surface area contributed by atoms with Gasteiger partial charge in [0.1, 0.15) is 5.82 Å². The van der Waals surface area contributed by atoms with Crippen LogP contribution in [0.1, 0.15) is 38.7 Å². The van der Waals surface area contributed by atoms with Gasteiger partial charge in [0.15, 0.2) is 5.65 Å². The Morgan fingerprint density at radius 3 is 2.73 bits per heavy atom. The lowest BCUT2D eigenvalue weighted by Crippen LogP contribution is -2.38. The molecule has 2 aromatic heterocycles. The average molecular weight is 407 g/mol. The van der Waals surface area contributed by atoms with E-state index in [-0.39, 0.29) is 11.9 Å². The standard InChI is InChI=1S/C23H30N6O/c1-16(2)11-12-28-19(7-10-23(28)30)14-25-21-8-9-22-26-15-20(29(22)27-21)18-5-3-17(13-24)4-6-18/h3-6,8-9,15-16,19H,7,10-14,24H2,1-2H3,(H,25,27)/t19-/m0/s1. The second kappa shape index (κ2) is 8.83.